The summed E-state index contributed by atoms with van der Waals surface area (Å²) in [6.07, 6.45) is 12.3. The van der Waals surface area contributed by atoms with Crippen LogP contribution in [-0.4, -0.2) is 75.9 Å². The summed E-state index contributed by atoms with van der Waals surface area (Å²) in [6, 6.07) is 8.19. The number of pyridine rings is 2. The average Bonchev–Trinajstić information content (AvgIpc) is 3.60. The Morgan fingerprint density at radius 3 is 2.68 bits per heavy atom. The third kappa shape index (κ3) is 4.87. The van der Waals surface area contributed by atoms with Crippen molar-refractivity contribution < 1.29 is 4.74 Å². The van der Waals surface area contributed by atoms with Gasteiger partial charge in [0.05, 0.1) is 36.8 Å². The van der Waals surface area contributed by atoms with Crippen molar-refractivity contribution in [1.29, 1.82) is 5.26 Å². The van der Waals surface area contributed by atoms with Gasteiger partial charge < -0.3 is 10.5 Å². The van der Waals surface area contributed by atoms with Gasteiger partial charge in [0.2, 0.25) is 5.88 Å². The highest BCUT2D eigenvalue weighted by Gasteiger charge is 2.20. The molecule has 11 nitrogen and oxygen atoms in total. The van der Waals surface area contributed by atoms with Gasteiger partial charge in [-0.25, -0.2) is 9.50 Å². The number of aromatic nitrogens is 5. The molecule has 0 saturated carbocycles. The third-order valence-electron chi connectivity index (χ3n) is 6.45. The summed E-state index contributed by atoms with van der Waals surface area (Å²) in [5.74, 6) is 0.623. The summed E-state index contributed by atoms with van der Waals surface area (Å²) in [4.78, 5) is 12.7. The molecule has 37 heavy (non-hydrogen) atoms. The monoisotopic (exact) mass is 496 g/mol. The van der Waals surface area contributed by atoms with Gasteiger partial charge in [0, 0.05) is 92.9 Å². The van der Waals surface area contributed by atoms with Crippen LogP contribution >= 0.6 is 0 Å². The molecule has 0 bridgehead atoms. The smallest absolute Gasteiger partial charge is 0.212 e. The summed E-state index contributed by atoms with van der Waals surface area (Å²) in [6.45, 7) is 4.33. The molecule has 1 aliphatic rings. The number of piperazine rings is 1. The van der Waals surface area contributed by atoms with E-state index < -0.39 is 0 Å². The molecule has 11 heteroatoms. The SMILES string of the molecule is CN=C/C(=C\N)c1cc(-c2cnn(N3CCN(Cc4ccc(OC)nc4)CC3)c2)c2c(C#N)cnn2c1. The van der Waals surface area contributed by atoms with Gasteiger partial charge in [-0.1, -0.05) is 6.07 Å². The number of nitrogens with two attached hydrogens (primary N) is 1. The van der Waals surface area contributed by atoms with Crippen LogP contribution in [0.2, 0.25) is 0 Å². The third-order valence-corrected chi connectivity index (χ3v) is 6.45. The van der Waals surface area contributed by atoms with E-state index in [1.807, 2.05) is 41.7 Å². The summed E-state index contributed by atoms with van der Waals surface area (Å²) >= 11 is 0. The Morgan fingerprint density at radius 1 is 1.16 bits per heavy atom. The van der Waals surface area contributed by atoms with Gasteiger partial charge >= 0.3 is 0 Å². The van der Waals surface area contributed by atoms with E-state index in [-0.39, 0.29) is 0 Å². The van der Waals surface area contributed by atoms with E-state index in [1.54, 1.807) is 31.1 Å². The fourth-order valence-electron chi connectivity index (χ4n) is 4.52. The van der Waals surface area contributed by atoms with Crippen molar-refractivity contribution in [1.82, 2.24) is 29.4 Å². The van der Waals surface area contributed by atoms with E-state index >= 15 is 0 Å². The minimum Gasteiger partial charge on any atom is -0.481 e. The molecule has 1 saturated heterocycles. The molecule has 0 aromatic carbocycles. The number of rotatable bonds is 7. The second-order valence-corrected chi connectivity index (χ2v) is 8.70. The van der Waals surface area contributed by atoms with Crippen molar-refractivity contribution in [2.45, 2.75) is 6.54 Å². The maximum absolute atomic E-state index is 9.67. The van der Waals surface area contributed by atoms with Gasteiger partial charge in [-0.15, -0.1) is 0 Å². The molecule has 4 aromatic rings. The number of hydrogen-bond donors (Lipinski definition) is 1. The minimum atomic E-state index is 0.498. The Morgan fingerprint density at radius 2 is 2.00 bits per heavy atom. The van der Waals surface area contributed by atoms with E-state index in [0.29, 0.717) is 11.4 Å². The molecule has 2 N–H and O–H groups in total. The molecule has 5 heterocycles. The van der Waals surface area contributed by atoms with Crippen LogP contribution in [0.25, 0.3) is 22.2 Å². The maximum Gasteiger partial charge on any atom is 0.212 e. The highest BCUT2D eigenvalue weighted by atomic mass is 16.5. The second-order valence-electron chi connectivity index (χ2n) is 8.70. The number of aliphatic imine (C=N–C) groups is 1. The van der Waals surface area contributed by atoms with Crippen LogP contribution in [0.4, 0.5) is 0 Å². The summed E-state index contributed by atoms with van der Waals surface area (Å²) < 4.78 is 6.86. The molecule has 4 aromatic heterocycles. The zero-order valence-corrected chi connectivity index (χ0v) is 20.8. The van der Waals surface area contributed by atoms with Crippen LogP contribution in [0.3, 0.4) is 0 Å². The van der Waals surface area contributed by atoms with E-state index in [0.717, 1.165) is 66.1 Å². The number of ether oxygens (including phenoxy) is 1. The van der Waals surface area contributed by atoms with Gasteiger partial charge in [-0.3, -0.25) is 14.9 Å². The van der Waals surface area contributed by atoms with Crippen LogP contribution < -0.4 is 15.5 Å². The van der Waals surface area contributed by atoms with Gasteiger partial charge in [-0.05, 0) is 11.6 Å². The lowest BCUT2D eigenvalue weighted by Crippen LogP contribution is -2.50. The van der Waals surface area contributed by atoms with Crippen molar-refractivity contribution >= 4 is 17.3 Å². The first-order valence-corrected chi connectivity index (χ1v) is 11.9. The Kier molecular flexibility index (Phi) is 6.83. The van der Waals surface area contributed by atoms with Crippen molar-refractivity contribution in [2.24, 2.45) is 10.7 Å². The van der Waals surface area contributed by atoms with Gasteiger partial charge in [-0.2, -0.15) is 20.3 Å². The molecule has 0 unspecified atom stereocenters. The molecule has 5 rings (SSSR count). The van der Waals surface area contributed by atoms with Crippen LogP contribution in [0.1, 0.15) is 16.7 Å². The standard InChI is InChI=1S/C26H28N10O/c1-29-13-21(10-27)20-9-24(26-22(11-28)14-31-35(26)17-20)23-15-32-36(18-23)34-7-5-33(6-8-34)16-19-3-4-25(37-2)30-12-19/h3-4,9-10,12-15,17-18H,5-8,16,27H2,1-2H3/b21-10+,29-13?. The minimum absolute atomic E-state index is 0.498. The predicted octanol–water partition coefficient (Wildman–Crippen LogP) is 1.93. The predicted molar refractivity (Wildman–Crippen MR) is 142 cm³/mol. The Balaban J connectivity index is 1.36. The molecular formula is C26H28N10O. The molecule has 1 fully saturated rings. The van der Waals surface area contributed by atoms with Gasteiger partial charge in [0.1, 0.15) is 6.07 Å². The summed E-state index contributed by atoms with van der Waals surface area (Å²) in [5, 5.41) is 20.9. The number of nitriles is 1. The normalized spacial score (nSPS) is 14.9. The number of fused-ring (bicyclic) bond motifs is 1. The van der Waals surface area contributed by atoms with Crippen LogP contribution in [0, 0.1) is 11.3 Å². The fraction of sp³-hybridized carbons (Fsp3) is 0.269. The lowest BCUT2D eigenvalue weighted by Gasteiger charge is -2.35. The largest absolute Gasteiger partial charge is 0.481 e. The zero-order valence-electron chi connectivity index (χ0n) is 20.8. The molecule has 0 atom stereocenters. The first-order valence-electron chi connectivity index (χ1n) is 11.9. The first kappa shape index (κ1) is 24.0. The Hall–Kier alpha value is -4.69. The van der Waals surface area contributed by atoms with Crippen LogP contribution in [-0.2, 0) is 6.54 Å². The molecular weight excluding hydrogens is 468 g/mol. The Bertz CT molecular complexity index is 1480. The lowest BCUT2D eigenvalue weighted by atomic mass is 10.0. The average molecular weight is 497 g/mol. The summed E-state index contributed by atoms with van der Waals surface area (Å²) in [5.41, 5.74) is 11.6. The Labute approximate surface area is 214 Å². The fourth-order valence-corrected chi connectivity index (χ4v) is 4.52. The number of methoxy groups -OCH3 is 1. The summed E-state index contributed by atoms with van der Waals surface area (Å²) in [7, 11) is 3.32. The van der Waals surface area contributed by atoms with Gasteiger partial charge in [0.15, 0.2) is 0 Å². The molecule has 1 aliphatic heterocycles. The molecule has 188 valence electrons. The van der Waals surface area contributed by atoms with Crippen molar-refractivity contribution in [3.63, 3.8) is 0 Å². The van der Waals surface area contributed by atoms with Crippen LogP contribution in [0.15, 0.2) is 60.4 Å². The topological polar surface area (TPSA) is 126 Å². The molecule has 0 spiro atoms. The van der Waals surface area contributed by atoms with Crippen molar-refractivity contribution in [3.05, 3.63) is 72.1 Å². The number of allylic oxidation sites excluding steroid dienone is 1. The second kappa shape index (κ2) is 10.5. The molecule has 0 radical (unpaired) electrons. The lowest BCUT2D eigenvalue weighted by molar-refractivity contribution is 0.228. The van der Waals surface area contributed by atoms with Crippen molar-refractivity contribution in [2.75, 3.05) is 45.3 Å². The van der Waals surface area contributed by atoms with E-state index in [2.05, 4.69) is 42.2 Å². The molecule has 0 aliphatic carbocycles. The van der Waals surface area contributed by atoms with Crippen LogP contribution in [0.5, 0.6) is 5.88 Å². The molecule has 0 amide bonds. The maximum atomic E-state index is 9.67. The van der Waals surface area contributed by atoms with E-state index in [4.69, 9.17) is 10.5 Å². The van der Waals surface area contributed by atoms with E-state index in [1.165, 1.54) is 6.20 Å². The quantitative estimate of drug-likeness (QED) is 0.385. The first-order chi connectivity index (χ1) is 18.1. The number of hydrogen-bond acceptors (Lipinski definition) is 9. The van der Waals surface area contributed by atoms with Crippen molar-refractivity contribution in [3.8, 4) is 23.1 Å². The zero-order chi connectivity index (χ0) is 25.8. The van der Waals surface area contributed by atoms with E-state index in [9.17, 15) is 5.26 Å². The number of nitrogens with zero attached hydrogens (tertiary/aromatic N) is 9. The highest BCUT2D eigenvalue weighted by Crippen LogP contribution is 2.30. The van der Waals surface area contributed by atoms with Gasteiger partial charge in [0.25, 0.3) is 0 Å². The highest BCUT2D eigenvalue weighted by molar-refractivity contribution is 6.10.